The molecule has 0 N–H and O–H groups in total. The van der Waals surface area contributed by atoms with Crippen LogP contribution in [0.5, 0.6) is 0 Å². The summed E-state index contributed by atoms with van der Waals surface area (Å²) in [6.07, 6.45) is 12.2. The lowest BCUT2D eigenvalue weighted by atomic mass is 9.93. The standard InChI is InChI=1S/C16H23N5O2S/c1-19-11-14(9-17-19)13-5-7-20(8-6-13)24(22,23)16-10-18-21(12-16)15-3-2-4-15/h9-13,15H,2-8H2,1H3. The Morgan fingerprint density at radius 1 is 1.04 bits per heavy atom. The van der Waals surface area contributed by atoms with Crippen molar-refractivity contribution < 1.29 is 8.42 Å². The van der Waals surface area contributed by atoms with Crippen molar-refractivity contribution in [1.82, 2.24) is 23.9 Å². The molecule has 0 spiro atoms. The van der Waals surface area contributed by atoms with Gasteiger partial charge in [0.2, 0.25) is 10.0 Å². The van der Waals surface area contributed by atoms with Crippen LogP contribution in [0.3, 0.4) is 0 Å². The van der Waals surface area contributed by atoms with Gasteiger partial charge in [0.05, 0.1) is 18.4 Å². The van der Waals surface area contributed by atoms with Crippen LogP contribution in [0.15, 0.2) is 29.7 Å². The van der Waals surface area contributed by atoms with E-state index in [2.05, 4.69) is 10.2 Å². The van der Waals surface area contributed by atoms with Crippen molar-refractivity contribution in [2.45, 2.75) is 49.0 Å². The molecule has 1 aliphatic carbocycles. The predicted molar refractivity (Wildman–Crippen MR) is 89.1 cm³/mol. The summed E-state index contributed by atoms with van der Waals surface area (Å²) in [4.78, 5) is 0.328. The Morgan fingerprint density at radius 3 is 2.38 bits per heavy atom. The van der Waals surface area contributed by atoms with Crippen molar-refractivity contribution in [2.24, 2.45) is 7.05 Å². The lowest BCUT2D eigenvalue weighted by Gasteiger charge is -2.30. The van der Waals surface area contributed by atoms with Gasteiger partial charge >= 0.3 is 0 Å². The third-order valence-electron chi connectivity index (χ3n) is 5.31. The number of hydrogen-bond acceptors (Lipinski definition) is 4. The van der Waals surface area contributed by atoms with Gasteiger partial charge in [0.1, 0.15) is 4.90 Å². The van der Waals surface area contributed by atoms with Gasteiger partial charge in [-0.15, -0.1) is 0 Å². The number of sulfonamides is 1. The van der Waals surface area contributed by atoms with E-state index < -0.39 is 10.0 Å². The van der Waals surface area contributed by atoms with E-state index in [4.69, 9.17) is 0 Å². The summed E-state index contributed by atoms with van der Waals surface area (Å²) in [6.45, 7) is 1.10. The van der Waals surface area contributed by atoms with Gasteiger partial charge in [0, 0.05) is 32.5 Å². The van der Waals surface area contributed by atoms with E-state index in [0.29, 0.717) is 29.9 Å². The van der Waals surface area contributed by atoms with E-state index in [9.17, 15) is 8.42 Å². The molecule has 7 nitrogen and oxygen atoms in total. The molecule has 2 fully saturated rings. The highest BCUT2D eigenvalue weighted by molar-refractivity contribution is 7.89. The zero-order chi connectivity index (χ0) is 16.7. The van der Waals surface area contributed by atoms with E-state index in [1.165, 1.54) is 18.2 Å². The molecular formula is C16H23N5O2S. The summed E-state index contributed by atoms with van der Waals surface area (Å²) in [7, 11) is -1.52. The number of nitrogens with zero attached hydrogens (tertiary/aromatic N) is 5. The number of hydrogen-bond donors (Lipinski definition) is 0. The quantitative estimate of drug-likeness (QED) is 0.845. The SMILES string of the molecule is Cn1cc(C2CCN(S(=O)(=O)c3cnn(C4CCC4)c3)CC2)cn1. The molecule has 0 atom stereocenters. The van der Waals surface area contributed by atoms with Crippen molar-refractivity contribution in [3.05, 3.63) is 30.4 Å². The zero-order valence-electron chi connectivity index (χ0n) is 13.9. The highest BCUT2D eigenvalue weighted by Crippen LogP contribution is 2.33. The maximum absolute atomic E-state index is 12.8. The van der Waals surface area contributed by atoms with Crippen LogP contribution < -0.4 is 0 Å². The highest BCUT2D eigenvalue weighted by Gasteiger charge is 2.32. The molecule has 0 amide bonds. The molecule has 1 saturated carbocycles. The topological polar surface area (TPSA) is 73.0 Å². The molecular weight excluding hydrogens is 326 g/mol. The molecule has 0 aromatic carbocycles. The Hall–Kier alpha value is -1.67. The first-order chi connectivity index (χ1) is 11.5. The average Bonchev–Trinajstić information content (AvgIpc) is 3.15. The fourth-order valence-corrected chi connectivity index (χ4v) is 4.95. The van der Waals surface area contributed by atoms with Crippen LogP contribution in [-0.4, -0.2) is 45.4 Å². The monoisotopic (exact) mass is 349 g/mol. The van der Waals surface area contributed by atoms with Crippen LogP contribution in [0.1, 0.15) is 49.6 Å². The molecule has 2 aromatic rings. The molecule has 1 saturated heterocycles. The first-order valence-corrected chi connectivity index (χ1v) is 10.0. The van der Waals surface area contributed by atoms with Gasteiger partial charge in [0.15, 0.2) is 0 Å². The lowest BCUT2D eigenvalue weighted by Crippen LogP contribution is -2.37. The lowest BCUT2D eigenvalue weighted by molar-refractivity contribution is 0.288. The fourth-order valence-electron chi connectivity index (χ4n) is 3.53. The fraction of sp³-hybridized carbons (Fsp3) is 0.625. The van der Waals surface area contributed by atoms with Crippen molar-refractivity contribution in [3.63, 3.8) is 0 Å². The van der Waals surface area contributed by atoms with Crippen LogP contribution >= 0.6 is 0 Å². The van der Waals surface area contributed by atoms with Crippen LogP contribution in [0.4, 0.5) is 0 Å². The summed E-state index contributed by atoms with van der Waals surface area (Å²) >= 11 is 0. The van der Waals surface area contributed by atoms with Crippen molar-refractivity contribution in [2.75, 3.05) is 13.1 Å². The summed E-state index contributed by atoms with van der Waals surface area (Å²) in [5, 5.41) is 8.48. The second-order valence-corrected chi connectivity index (χ2v) is 8.80. The number of aromatic nitrogens is 4. The van der Waals surface area contributed by atoms with Crippen LogP contribution in [0.25, 0.3) is 0 Å². The molecule has 3 heterocycles. The van der Waals surface area contributed by atoms with Gasteiger partial charge < -0.3 is 0 Å². The molecule has 130 valence electrons. The first-order valence-electron chi connectivity index (χ1n) is 8.57. The van der Waals surface area contributed by atoms with E-state index in [0.717, 1.165) is 25.7 Å². The van der Waals surface area contributed by atoms with Gasteiger partial charge in [-0.1, -0.05) is 0 Å². The maximum Gasteiger partial charge on any atom is 0.246 e. The summed E-state index contributed by atoms with van der Waals surface area (Å²) in [5.74, 6) is 0.392. The predicted octanol–water partition coefficient (Wildman–Crippen LogP) is 1.91. The van der Waals surface area contributed by atoms with E-state index in [-0.39, 0.29) is 0 Å². The first kappa shape index (κ1) is 15.8. The van der Waals surface area contributed by atoms with Gasteiger partial charge in [-0.05, 0) is 43.6 Å². The molecule has 4 rings (SSSR count). The summed E-state index contributed by atoms with van der Waals surface area (Å²) in [6, 6.07) is 0.380. The number of piperidine rings is 1. The Morgan fingerprint density at radius 2 is 1.79 bits per heavy atom. The summed E-state index contributed by atoms with van der Waals surface area (Å²) < 4.78 is 30.9. The molecule has 2 aliphatic rings. The second-order valence-electron chi connectivity index (χ2n) is 6.87. The normalized spacial score (nSPS) is 21.0. The smallest absolute Gasteiger partial charge is 0.246 e. The van der Waals surface area contributed by atoms with Gasteiger partial charge in [-0.25, -0.2) is 8.42 Å². The Labute approximate surface area is 142 Å². The van der Waals surface area contributed by atoms with Crippen molar-refractivity contribution in [3.8, 4) is 0 Å². The minimum Gasteiger partial charge on any atom is -0.276 e. The minimum atomic E-state index is -3.43. The third kappa shape index (κ3) is 2.77. The molecule has 0 unspecified atom stereocenters. The largest absolute Gasteiger partial charge is 0.276 e. The number of aryl methyl sites for hydroxylation is 1. The Bertz CT molecular complexity index is 813. The van der Waals surface area contributed by atoms with Crippen molar-refractivity contribution in [1.29, 1.82) is 0 Å². The third-order valence-corrected chi connectivity index (χ3v) is 7.17. The van der Waals surface area contributed by atoms with Crippen LogP contribution in [0, 0.1) is 0 Å². The molecule has 24 heavy (non-hydrogen) atoms. The molecule has 0 bridgehead atoms. The molecule has 2 aromatic heterocycles. The van der Waals surface area contributed by atoms with Crippen LogP contribution in [0.2, 0.25) is 0 Å². The van der Waals surface area contributed by atoms with E-state index >= 15 is 0 Å². The Kier molecular flexibility index (Phi) is 3.96. The average molecular weight is 349 g/mol. The minimum absolute atomic E-state index is 0.328. The molecule has 8 heteroatoms. The summed E-state index contributed by atoms with van der Waals surface area (Å²) in [5.41, 5.74) is 1.20. The van der Waals surface area contributed by atoms with Gasteiger partial charge in [-0.3, -0.25) is 9.36 Å². The highest BCUT2D eigenvalue weighted by atomic mass is 32.2. The molecule has 1 aliphatic heterocycles. The number of rotatable bonds is 4. The van der Waals surface area contributed by atoms with Crippen molar-refractivity contribution >= 4 is 10.0 Å². The Balaban J connectivity index is 1.44. The van der Waals surface area contributed by atoms with E-state index in [1.54, 1.807) is 15.2 Å². The second kappa shape index (κ2) is 6.00. The van der Waals surface area contributed by atoms with Gasteiger partial charge in [0.25, 0.3) is 0 Å². The van der Waals surface area contributed by atoms with Gasteiger partial charge in [-0.2, -0.15) is 14.5 Å². The maximum atomic E-state index is 12.8. The van der Waals surface area contributed by atoms with E-state index in [1.807, 2.05) is 24.1 Å². The zero-order valence-corrected chi connectivity index (χ0v) is 14.7. The molecule has 0 radical (unpaired) electrons. The van der Waals surface area contributed by atoms with Crippen LogP contribution in [-0.2, 0) is 17.1 Å².